The van der Waals surface area contributed by atoms with Gasteiger partial charge in [-0.1, -0.05) is 5.16 Å². The van der Waals surface area contributed by atoms with E-state index in [1.807, 2.05) is 6.07 Å². The molecule has 156 valence electrons. The first-order chi connectivity index (χ1) is 15.1. The molecule has 0 radical (unpaired) electrons. The van der Waals surface area contributed by atoms with Crippen LogP contribution in [0.3, 0.4) is 0 Å². The van der Waals surface area contributed by atoms with E-state index < -0.39 is 5.97 Å². The van der Waals surface area contributed by atoms with Crippen LogP contribution in [0, 0.1) is 5.82 Å². The molecule has 0 spiro atoms. The van der Waals surface area contributed by atoms with Crippen LogP contribution in [0.15, 0.2) is 56.2 Å². The van der Waals surface area contributed by atoms with Gasteiger partial charge in [-0.3, -0.25) is 4.79 Å². The Morgan fingerprint density at radius 1 is 1.10 bits per heavy atom. The summed E-state index contributed by atoms with van der Waals surface area (Å²) in [5, 5.41) is 4.73. The zero-order chi connectivity index (χ0) is 21.4. The summed E-state index contributed by atoms with van der Waals surface area (Å²) >= 11 is 0. The number of carbonyl (C=O) groups is 1. The highest BCUT2D eigenvalue weighted by atomic mass is 19.1. The van der Waals surface area contributed by atoms with Crippen LogP contribution in [-0.2, 0) is 24.1 Å². The van der Waals surface area contributed by atoms with Crippen molar-refractivity contribution in [1.82, 2.24) is 10.1 Å². The number of esters is 1. The Labute approximate surface area is 175 Å². The molecule has 8 heteroatoms. The van der Waals surface area contributed by atoms with E-state index in [1.54, 1.807) is 24.3 Å². The van der Waals surface area contributed by atoms with Crippen molar-refractivity contribution in [2.45, 2.75) is 32.1 Å². The second-order valence-electron chi connectivity index (χ2n) is 7.35. The summed E-state index contributed by atoms with van der Waals surface area (Å²) in [4.78, 5) is 28.6. The molecule has 0 bridgehead atoms. The Kier molecular flexibility index (Phi) is 4.82. The fourth-order valence-corrected chi connectivity index (χ4v) is 3.79. The molecule has 31 heavy (non-hydrogen) atoms. The van der Waals surface area contributed by atoms with Crippen molar-refractivity contribution < 1.29 is 22.9 Å². The summed E-state index contributed by atoms with van der Waals surface area (Å²) in [7, 11) is 0. The largest absolute Gasteiger partial charge is 0.426 e. The van der Waals surface area contributed by atoms with Crippen LogP contribution in [0.25, 0.3) is 22.4 Å². The van der Waals surface area contributed by atoms with Crippen LogP contribution >= 0.6 is 0 Å². The fraction of sp³-hybridized carbons (Fsp3) is 0.217. The van der Waals surface area contributed by atoms with E-state index in [9.17, 15) is 14.0 Å². The molecule has 0 aliphatic heterocycles. The third-order valence-corrected chi connectivity index (χ3v) is 5.29. The number of halogens is 1. The molecule has 7 nitrogen and oxygen atoms in total. The van der Waals surface area contributed by atoms with Gasteiger partial charge in [0.2, 0.25) is 11.7 Å². The van der Waals surface area contributed by atoms with Crippen molar-refractivity contribution in [3.05, 3.63) is 75.7 Å². The summed E-state index contributed by atoms with van der Waals surface area (Å²) in [6, 6.07) is 10.8. The molecule has 4 aromatic rings. The molecule has 1 aliphatic carbocycles. The lowest BCUT2D eigenvalue weighted by Crippen LogP contribution is -2.10. The number of aryl methyl sites for hydroxylation is 2. The highest BCUT2D eigenvalue weighted by Crippen LogP contribution is 2.29. The number of rotatable bonds is 5. The van der Waals surface area contributed by atoms with Gasteiger partial charge in [-0.15, -0.1) is 0 Å². The van der Waals surface area contributed by atoms with Gasteiger partial charge < -0.3 is 13.7 Å². The quantitative estimate of drug-likeness (QED) is 0.273. The van der Waals surface area contributed by atoms with Gasteiger partial charge in [0.05, 0.1) is 6.42 Å². The number of nitrogens with zero attached hydrogens (tertiary/aromatic N) is 2. The Morgan fingerprint density at radius 3 is 2.74 bits per heavy atom. The minimum Gasteiger partial charge on any atom is -0.426 e. The number of benzene rings is 2. The van der Waals surface area contributed by atoms with Gasteiger partial charge >= 0.3 is 11.6 Å². The van der Waals surface area contributed by atoms with Gasteiger partial charge in [0.1, 0.15) is 17.1 Å². The molecule has 0 amide bonds. The summed E-state index contributed by atoms with van der Waals surface area (Å²) in [5.74, 6) is 0.0601. The lowest BCUT2D eigenvalue weighted by atomic mass is 10.1. The second kappa shape index (κ2) is 7.79. The number of ether oxygens (including phenoxy) is 1. The molecule has 0 atom stereocenters. The number of fused-ring (bicyclic) bond motifs is 3. The third kappa shape index (κ3) is 3.84. The topological polar surface area (TPSA) is 95.4 Å². The summed E-state index contributed by atoms with van der Waals surface area (Å²) in [5.41, 5.74) is 2.48. The molecule has 0 unspecified atom stereocenters. The molecule has 0 saturated heterocycles. The van der Waals surface area contributed by atoms with E-state index in [4.69, 9.17) is 13.7 Å². The highest BCUT2D eigenvalue weighted by molar-refractivity contribution is 5.84. The Morgan fingerprint density at radius 2 is 1.90 bits per heavy atom. The van der Waals surface area contributed by atoms with Gasteiger partial charge in [-0.05, 0) is 61.2 Å². The minimum atomic E-state index is -0.482. The van der Waals surface area contributed by atoms with Crippen LogP contribution in [0.1, 0.15) is 29.9 Å². The van der Waals surface area contributed by atoms with E-state index in [0.717, 1.165) is 35.8 Å². The predicted octanol–water partition coefficient (Wildman–Crippen LogP) is 4.01. The molecular formula is C23H17FN2O5. The fourth-order valence-electron chi connectivity index (χ4n) is 3.79. The number of aromatic nitrogens is 2. The van der Waals surface area contributed by atoms with E-state index >= 15 is 0 Å². The highest BCUT2D eigenvalue weighted by Gasteiger charge is 2.20. The van der Waals surface area contributed by atoms with E-state index in [-0.39, 0.29) is 30.2 Å². The number of hydrogen-bond acceptors (Lipinski definition) is 7. The molecular weight excluding hydrogens is 403 g/mol. The first-order valence-electron chi connectivity index (χ1n) is 9.94. The van der Waals surface area contributed by atoms with E-state index in [1.165, 1.54) is 12.1 Å². The molecule has 1 aliphatic rings. The maximum Gasteiger partial charge on any atom is 0.339 e. The van der Waals surface area contributed by atoms with Crippen LogP contribution in [0.4, 0.5) is 4.39 Å². The van der Waals surface area contributed by atoms with Crippen molar-refractivity contribution >= 4 is 16.9 Å². The van der Waals surface area contributed by atoms with Gasteiger partial charge in [0.15, 0.2) is 0 Å². The molecule has 0 saturated carbocycles. The van der Waals surface area contributed by atoms with Gasteiger partial charge in [0.25, 0.3) is 0 Å². The normalized spacial score (nSPS) is 12.8. The molecule has 2 aromatic heterocycles. The van der Waals surface area contributed by atoms with Crippen molar-refractivity contribution in [2.24, 2.45) is 0 Å². The van der Waals surface area contributed by atoms with Crippen LogP contribution < -0.4 is 10.4 Å². The summed E-state index contributed by atoms with van der Waals surface area (Å²) < 4.78 is 29.0. The summed E-state index contributed by atoms with van der Waals surface area (Å²) in [6.07, 6.45) is 2.75. The molecule has 0 N–H and O–H groups in total. The molecule has 2 aromatic carbocycles. The van der Waals surface area contributed by atoms with Crippen molar-refractivity contribution in [2.75, 3.05) is 0 Å². The van der Waals surface area contributed by atoms with Crippen LogP contribution in [0.5, 0.6) is 5.75 Å². The smallest absolute Gasteiger partial charge is 0.339 e. The van der Waals surface area contributed by atoms with Gasteiger partial charge in [-0.2, -0.15) is 4.98 Å². The Bertz CT molecular complexity index is 1340. The summed E-state index contributed by atoms with van der Waals surface area (Å²) in [6.45, 7) is 0. The zero-order valence-electron chi connectivity index (χ0n) is 16.4. The lowest BCUT2D eigenvalue weighted by Gasteiger charge is -2.07. The molecule has 0 fully saturated rings. The van der Waals surface area contributed by atoms with Crippen LogP contribution in [-0.4, -0.2) is 16.1 Å². The van der Waals surface area contributed by atoms with Crippen LogP contribution in [0.2, 0.25) is 0 Å². The maximum atomic E-state index is 13.0. The second-order valence-corrected chi connectivity index (χ2v) is 7.35. The minimum absolute atomic E-state index is 0.0250. The predicted molar refractivity (Wildman–Crippen MR) is 108 cm³/mol. The first-order valence-corrected chi connectivity index (χ1v) is 9.94. The van der Waals surface area contributed by atoms with E-state index in [2.05, 4.69) is 10.1 Å². The van der Waals surface area contributed by atoms with E-state index in [0.29, 0.717) is 22.7 Å². The Balaban J connectivity index is 1.25. The average molecular weight is 420 g/mol. The number of carbonyl (C=O) groups excluding carboxylic acids is 1. The van der Waals surface area contributed by atoms with Crippen molar-refractivity contribution in [3.8, 4) is 17.1 Å². The SMILES string of the molecule is O=C(CCc1nc(-c2ccc(F)cc2)no1)Oc1ccc2c3c(c(=O)oc2c1)CCC3. The lowest BCUT2D eigenvalue weighted by molar-refractivity contribution is -0.134. The Hall–Kier alpha value is -3.81. The average Bonchev–Trinajstić information content (AvgIpc) is 3.43. The standard InChI is InChI=1S/C23H17FN2O5/c24-14-6-4-13(5-7-14)22-25-20(31-26-22)10-11-21(27)29-15-8-9-17-16-2-1-3-18(16)23(28)30-19(17)12-15/h4-9,12H,1-3,10-11H2. The number of hydrogen-bond donors (Lipinski definition) is 0. The van der Waals surface area contributed by atoms with Gasteiger partial charge in [-0.25, -0.2) is 9.18 Å². The monoisotopic (exact) mass is 420 g/mol. The van der Waals surface area contributed by atoms with Crippen molar-refractivity contribution in [1.29, 1.82) is 0 Å². The molecule has 2 heterocycles. The molecule has 5 rings (SSSR count). The van der Waals surface area contributed by atoms with Gasteiger partial charge in [0, 0.05) is 29.0 Å². The first kappa shape index (κ1) is 19.2. The maximum absolute atomic E-state index is 13.0. The van der Waals surface area contributed by atoms with Crippen molar-refractivity contribution in [3.63, 3.8) is 0 Å². The zero-order valence-corrected chi connectivity index (χ0v) is 16.4. The third-order valence-electron chi connectivity index (χ3n) is 5.29.